The number of alkyl carbamates (subject to hydrolysis) is 1. The number of carbonyl (C=O) groups is 3. The highest BCUT2D eigenvalue weighted by atomic mass is 32.2. The number of thiophene rings is 1. The number of carbonyl (C=O) groups excluding carboxylic acids is 3. The Morgan fingerprint density at radius 2 is 1.76 bits per heavy atom. The second-order valence-corrected chi connectivity index (χ2v) is 11.7. The molecule has 0 unspecified atom stereocenters. The van der Waals surface area contributed by atoms with Crippen LogP contribution in [0.4, 0.5) is 9.80 Å². The quantitative estimate of drug-likeness (QED) is 0.606. The summed E-state index contributed by atoms with van der Waals surface area (Å²) in [5.41, 5.74) is 1.83. The summed E-state index contributed by atoms with van der Waals surface area (Å²) in [6.07, 6.45) is 2.66. The van der Waals surface area contributed by atoms with E-state index in [9.17, 15) is 22.8 Å². The molecular weight excluding hydrogens is 464 g/mol. The molecule has 3 rings (SSSR count). The number of benzene rings is 1. The third-order valence-electron chi connectivity index (χ3n) is 5.38. The third kappa shape index (κ3) is 5.80. The Hall–Kier alpha value is -2.72. The molecule has 2 N–H and O–H groups in total. The summed E-state index contributed by atoms with van der Waals surface area (Å²) in [6, 6.07) is 6.23. The third-order valence-corrected chi connectivity index (χ3v) is 8.76. The van der Waals surface area contributed by atoms with Crippen molar-refractivity contribution in [2.75, 3.05) is 11.9 Å². The highest BCUT2D eigenvalue weighted by molar-refractivity contribution is 7.92. The molecular formula is C23H28N2O6S2. The molecule has 1 aliphatic carbocycles. The Labute approximate surface area is 197 Å². The summed E-state index contributed by atoms with van der Waals surface area (Å²) in [4.78, 5) is 38.5. The summed E-state index contributed by atoms with van der Waals surface area (Å²) in [7, 11) is -3.38. The van der Waals surface area contributed by atoms with Crippen LogP contribution in [0.2, 0.25) is 0 Å². The van der Waals surface area contributed by atoms with Crippen molar-refractivity contribution in [1.82, 2.24) is 5.32 Å². The van der Waals surface area contributed by atoms with Gasteiger partial charge in [-0.3, -0.25) is 14.9 Å². The van der Waals surface area contributed by atoms with Crippen molar-refractivity contribution in [3.63, 3.8) is 0 Å². The van der Waals surface area contributed by atoms with E-state index in [4.69, 9.17) is 4.74 Å². The summed E-state index contributed by atoms with van der Waals surface area (Å²) < 4.78 is 29.4. The summed E-state index contributed by atoms with van der Waals surface area (Å²) in [5, 5.41) is 4.92. The largest absolute Gasteiger partial charge is 0.450 e. The standard InChI is InChI=1S/C23H28N2O6S2/c1-4-31-23(28)25-21(27)20-17-7-5-6-8-18(17)32-22(20)24-19(26)13-15-9-11-16(12-10-15)33(29,30)14(2)3/h9-12,14H,4-8,13H2,1-3H3,(H,24,26)(H,25,27,28). The number of imide groups is 1. The van der Waals surface area contributed by atoms with Crippen molar-refractivity contribution >= 4 is 44.1 Å². The lowest BCUT2D eigenvalue weighted by molar-refractivity contribution is -0.115. The number of sulfone groups is 1. The van der Waals surface area contributed by atoms with Crippen LogP contribution in [0.25, 0.3) is 0 Å². The zero-order valence-electron chi connectivity index (χ0n) is 18.9. The van der Waals surface area contributed by atoms with Crippen molar-refractivity contribution < 1.29 is 27.5 Å². The molecule has 33 heavy (non-hydrogen) atoms. The van der Waals surface area contributed by atoms with Crippen LogP contribution in [0, 0.1) is 0 Å². The number of fused-ring (bicyclic) bond motifs is 1. The van der Waals surface area contributed by atoms with Gasteiger partial charge in [-0.15, -0.1) is 11.3 Å². The minimum atomic E-state index is -3.38. The lowest BCUT2D eigenvalue weighted by Gasteiger charge is -2.13. The lowest BCUT2D eigenvalue weighted by atomic mass is 9.95. The van der Waals surface area contributed by atoms with E-state index in [1.54, 1.807) is 32.9 Å². The average molecular weight is 493 g/mol. The van der Waals surface area contributed by atoms with E-state index in [0.717, 1.165) is 29.7 Å². The maximum Gasteiger partial charge on any atom is 0.414 e. The molecule has 0 spiro atoms. The number of anilines is 1. The van der Waals surface area contributed by atoms with Crippen LogP contribution in [0.15, 0.2) is 29.2 Å². The number of aryl methyl sites for hydroxylation is 1. The second-order valence-electron chi connectivity index (χ2n) is 8.05. The zero-order chi connectivity index (χ0) is 24.2. The number of hydrogen-bond donors (Lipinski definition) is 2. The van der Waals surface area contributed by atoms with Gasteiger partial charge in [0.2, 0.25) is 5.91 Å². The number of nitrogens with one attached hydrogen (secondary N) is 2. The van der Waals surface area contributed by atoms with Crippen LogP contribution < -0.4 is 10.6 Å². The normalized spacial score (nSPS) is 13.3. The van der Waals surface area contributed by atoms with Crippen molar-refractivity contribution in [3.05, 3.63) is 45.8 Å². The number of ether oxygens (including phenoxy) is 1. The Morgan fingerprint density at radius 3 is 2.39 bits per heavy atom. The highest BCUT2D eigenvalue weighted by Gasteiger charge is 2.27. The van der Waals surface area contributed by atoms with Gasteiger partial charge in [-0.25, -0.2) is 13.2 Å². The molecule has 10 heteroatoms. The fraction of sp³-hybridized carbons (Fsp3) is 0.435. The minimum absolute atomic E-state index is 0.0174. The Bertz CT molecular complexity index is 1150. The van der Waals surface area contributed by atoms with E-state index in [1.807, 2.05) is 0 Å². The minimum Gasteiger partial charge on any atom is -0.450 e. The van der Waals surface area contributed by atoms with Crippen molar-refractivity contribution in [3.8, 4) is 0 Å². The topological polar surface area (TPSA) is 119 Å². The molecule has 1 aromatic heterocycles. The first-order valence-corrected chi connectivity index (χ1v) is 13.2. The maximum atomic E-state index is 12.8. The monoisotopic (exact) mass is 492 g/mol. The van der Waals surface area contributed by atoms with E-state index < -0.39 is 27.1 Å². The first kappa shape index (κ1) is 24.9. The maximum absolute atomic E-state index is 12.8. The van der Waals surface area contributed by atoms with E-state index >= 15 is 0 Å². The van der Waals surface area contributed by atoms with Gasteiger partial charge in [0.05, 0.1) is 28.7 Å². The van der Waals surface area contributed by atoms with E-state index in [2.05, 4.69) is 10.6 Å². The van der Waals surface area contributed by atoms with Gasteiger partial charge in [0, 0.05) is 4.88 Å². The molecule has 0 atom stereocenters. The number of rotatable bonds is 7. The van der Waals surface area contributed by atoms with E-state index in [0.29, 0.717) is 22.5 Å². The van der Waals surface area contributed by atoms with Crippen molar-refractivity contribution in [2.45, 2.75) is 63.0 Å². The van der Waals surface area contributed by atoms with Crippen molar-refractivity contribution in [1.29, 1.82) is 0 Å². The highest BCUT2D eigenvalue weighted by Crippen LogP contribution is 2.38. The van der Waals surface area contributed by atoms with Gasteiger partial charge < -0.3 is 10.1 Å². The molecule has 178 valence electrons. The fourth-order valence-corrected chi connectivity index (χ4v) is 6.00. The van der Waals surface area contributed by atoms with Gasteiger partial charge in [0.15, 0.2) is 9.84 Å². The molecule has 1 aromatic carbocycles. The molecule has 3 amide bonds. The fourth-order valence-electron chi connectivity index (χ4n) is 3.64. The summed E-state index contributed by atoms with van der Waals surface area (Å²) in [5.74, 6) is -0.926. The number of amides is 3. The lowest BCUT2D eigenvalue weighted by Crippen LogP contribution is -2.32. The van der Waals surface area contributed by atoms with Gasteiger partial charge in [-0.05, 0) is 69.7 Å². The molecule has 0 saturated carbocycles. The first-order chi connectivity index (χ1) is 15.6. The molecule has 0 bridgehead atoms. The van der Waals surface area contributed by atoms with Crippen LogP contribution >= 0.6 is 11.3 Å². The van der Waals surface area contributed by atoms with Crippen molar-refractivity contribution in [2.24, 2.45) is 0 Å². The molecule has 0 saturated heterocycles. The van der Waals surface area contributed by atoms with Crippen LogP contribution in [-0.4, -0.2) is 38.2 Å². The van der Waals surface area contributed by atoms with Gasteiger partial charge >= 0.3 is 6.09 Å². The van der Waals surface area contributed by atoms with Gasteiger partial charge in [-0.2, -0.15) is 0 Å². The molecule has 0 aliphatic heterocycles. The van der Waals surface area contributed by atoms with Crippen LogP contribution in [0.1, 0.15) is 60.0 Å². The molecule has 1 heterocycles. The second kappa shape index (κ2) is 10.5. The van der Waals surface area contributed by atoms with Gasteiger partial charge in [0.1, 0.15) is 5.00 Å². The molecule has 1 aliphatic rings. The smallest absolute Gasteiger partial charge is 0.414 e. The van der Waals surface area contributed by atoms with Crippen LogP contribution in [0.3, 0.4) is 0 Å². The van der Waals surface area contributed by atoms with Crippen LogP contribution in [-0.2, 0) is 38.6 Å². The Balaban J connectivity index is 1.77. The average Bonchev–Trinajstić information content (AvgIpc) is 3.11. The molecule has 8 nitrogen and oxygen atoms in total. The molecule has 0 radical (unpaired) electrons. The predicted octanol–water partition coefficient (Wildman–Crippen LogP) is 3.88. The summed E-state index contributed by atoms with van der Waals surface area (Å²) >= 11 is 1.35. The van der Waals surface area contributed by atoms with E-state index in [1.165, 1.54) is 23.5 Å². The van der Waals surface area contributed by atoms with E-state index in [-0.39, 0.29) is 23.8 Å². The van der Waals surface area contributed by atoms with Gasteiger partial charge in [0.25, 0.3) is 5.91 Å². The SMILES string of the molecule is CCOC(=O)NC(=O)c1c(NC(=O)Cc2ccc(S(=O)(=O)C(C)C)cc2)sc2c1CCCC2. The summed E-state index contributed by atoms with van der Waals surface area (Å²) in [6.45, 7) is 5.02. The Morgan fingerprint density at radius 1 is 1.09 bits per heavy atom. The van der Waals surface area contributed by atoms with Gasteiger partial charge in [-0.1, -0.05) is 12.1 Å². The predicted molar refractivity (Wildman–Crippen MR) is 127 cm³/mol. The molecule has 2 aromatic rings. The first-order valence-electron chi connectivity index (χ1n) is 10.9. The Kier molecular flexibility index (Phi) is 7.91. The van der Waals surface area contributed by atoms with Crippen LogP contribution in [0.5, 0.6) is 0 Å². The molecule has 0 fully saturated rings. The zero-order valence-corrected chi connectivity index (χ0v) is 20.5. The number of hydrogen-bond acceptors (Lipinski definition) is 7.